The third-order valence-corrected chi connectivity index (χ3v) is 10.0. The maximum atomic E-state index is 13.5. The molecule has 7 nitrogen and oxygen atoms in total. The number of hydrogen-bond acceptors (Lipinski definition) is 5. The fourth-order valence-electron chi connectivity index (χ4n) is 8.04. The van der Waals surface area contributed by atoms with Crippen molar-refractivity contribution in [1.82, 2.24) is 10.2 Å². The Morgan fingerprint density at radius 1 is 0.644 bits per heavy atom. The molecule has 7 heteroatoms. The summed E-state index contributed by atoms with van der Waals surface area (Å²) >= 11 is 0. The van der Waals surface area contributed by atoms with Crippen LogP contribution in [0.2, 0.25) is 0 Å². The highest BCUT2D eigenvalue weighted by atomic mass is 16.6. The zero-order chi connectivity index (χ0) is 30.3. The van der Waals surface area contributed by atoms with Crippen molar-refractivity contribution in [2.24, 2.45) is 5.92 Å². The smallest absolute Gasteiger partial charge is 0.410 e. The maximum Gasteiger partial charge on any atom is 0.410 e. The lowest BCUT2D eigenvalue weighted by molar-refractivity contribution is -0.0782. The summed E-state index contributed by atoms with van der Waals surface area (Å²) < 4.78 is 17.6. The SMILES string of the molecule is O=C(NCC1CC2COCC(C1)N2C(=O)OCC1c2ccccc2-c2ccccc21)OCC1c2ccccc2-c2ccccc21. The lowest BCUT2D eigenvalue weighted by atomic mass is 9.85. The second-order valence-electron chi connectivity index (χ2n) is 12.6. The van der Waals surface area contributed by atoms with Gasteiger partial charge in [-0.1, -0.05) is 97.1 Å². The standard InChI is InChI=1S/C38H36N2O5/c41-37(44-22-35-31-13-5-1-9-27(31)28-10-2-6-14-32(28)35)39-19-24-17-25-20-43-21-26(18-24)40(25)38(42)45-23-36-33-15-7-3-11-29(33)30-12-4-8-16-34(30)36/h1-16,24-26,35-36H,17-23H2,(H,39,41). The topological polar surface area (TPSA) is 77.1 Å². The van der Waals surface area contributed by atoms with Crippen LogP contribution in [-0.2, 0) is 14.2 Å². The first kappa shape index (κ1) is 27.9. The van der Waals surface area contributed by atoms with Crippen LogP contribution in [0.5, 0.6) is 0 Å². The van der Waals surface area contributed by atoms with Gasteiger partial charge in [0.25, 0.3) is 0 Å². The van der Waals surface area contributed by atoms with Gasteiger partial charge in [0.15, 0.2) is 0 Å². The van der Waals surface area contributed by atoms with Crippen LogP contribution in [0, 0.1) is 5.92 Å². The molecule has 0 saturated carbocycles. The quantitative estimate of drug-likeness (QED) is 0.259. The van der Waals surface area contributed by atoms with Crippen LogP contribution < -0.4 is 5.32 Å². The van der Waals surface area contributed by atoms with E-state index in [0.29, 0.717) is 33.0 Å². The highest BCUT2D eigenvalue weighted by Gasteiger charge is 2.43. The van der Waals surface area contributed by atoms with Crippen molar-refractivity contribution in [3.63, 3.8) is 0 Å². The van der Waals surface area contributed by atoms with E-state index in [-0.39, 0.29) is 35.9 Å². The van der Waals surface area contributed by atoms with Crippen LogP contribution in [0.25, 0.3) is 22.3 Å². The molecule has 2 aliphatic heterocycles. The van der Waals surface area contributed by atoms with E-state index in [2.05, 4.69) is 66.0 Å². The van der Waals surface area contributed by atoms with Crippen LogP contribution in [0.4, 0.5) is 9.59 Å². The number of fused-ring (bicyclic) bond motifs is 8. The minimum absolute atomic E-state index is 0.0244. The third kappa shape index (κ3) is 5.05. The van der Waals surface area contributed by atoms with Crippen LogP contribution in [0.15, 0.2) is 97.1 Å². The first-order chi connectivity index (χ1) is 22.2. The summed E-state index contributed by atoms with van der Waals surface area (Å²) in [6.45, 7) is 2.04. The fourth-order valence-corrected chi connectivity index (χ4v) is 8.04. The number of piperidine rings is 1. The Labute approximate surface area is 263 Å². The van der Waals surface area contributed by atoms with Crippen molar-refractivity contribution in [3.05, 3.63) is 119 Å². The molecule has 2 fully saturated rings. The molecule has 8 rings (SSSR count). The lowest BCUT2D eigenvalue weighted by Crippen LogP contribution is -2.60. The van der Waals surface area contributed by atoms with E-state index in [1.54, 1.807) is 0 Å². The average molecular weight is 601 g/mol. The fraction of sp³-hybridized carbons (Fsp3) is 0.316. The van der Waals surface area contributed by atoms with Gasteiger partial charge < -0.3 is 19.5 Å². The molecule has 0 aromatic heterocycles. The summed E-state index contributed by atoms with van der Waals surface area (Å²) in [6, 6.07) is 33.2. The van der Waals surface area contributed by atoms with E-state index in [1.165, 1.54) is 44.5 Å². The second kappa shape index (κ2) is 11.7. The molecular formula is C38H36N2O5. The van der Waals surface area contributed by atoms with Crippen molar-refractivity contribution in [3.8, 4) is 22.3 Å². The van der Waals surface area contributed by atoms with Gasteiger partial charge in [0, 0.05) is 18.4 Å². The number of nitrogens with one attached hydrogen (secondary N) is 1. The van der Waals surface area contributed by atoms with E-state index in [0.717, 1.165) is 12.8 Å². The zero-order valence-corrected chi connectivity index (χ0v) is 25.1. The van der Waals surface area contributed by atoms with Gasteiger partial charge in [0.1, 0.15) is 13.2 Å². The van der Waals surface area contributed by atoms with Gasteiger partial charge >= 0.3 is 12.2 Å². The van der Waals surface area contributed by atoms with E-state index in [9.17, 15) is 9.59 Å². The molecule has 2 unspecified atom stereocenters. The Hall–Kier alpha value is -4.62. The highest BCUT2D eigenvalue weighted by molar-refractivity contribution is 5.80. The lowest BCUT2D eigenvalue weighted by Gasteiger charge is -2.47. The molecule has 4 aromatic rings. The number of ether oxygens (including phenoxy) is 3. The Balaban J connectivity index is 0.860. The largest absolute Gasteiger partial charge is 0.449 e. The molecule has 0 radical (unpaired) electrons. The van der Waals surface area contributed by atoms with Gasteiger partial charge in [-0.3, -0.25) is 4.90 Å². The van der Waals surface area contributed by atoms with E-state index < -0.39 is 6.09 Å². The minimum Gasteiger partial charge on any atom is -0.449 e. The van der Waals surface area contributed by atoms with E-state index >= 15 is 0 Å². The van der Waals surface area contributed by atoms with E-state index in [4.69, 9.17) is 14.2 Å². The van der Waals surface area contributed by atoms with Gasteiger partial charge in [-0.2, -0.15) is 0 Å². The summed E-state index contributed by atoms with van der Waals surface area (Å²) in [5.41, 5.74) is 9.63. The second-order valence-corrected chi connectivity index (χ2v) is 12.6. The number of morpholine rings is 1. The zero-order valence-electron chi connectivity index (χ0n) is 25.1. The van der Waals surface area contributed by atoms with Crippen LogP contribution in [0.1, 0.15) is 46.9 Å². The molecule has 4 aliphatic rings. The molecule has 228 valence electrons. The third-order valence-electron chi connectivity index (χ3n) is 10.0. The van der Waals surface area contributed by atoms with Gasteiger partial charge in [-0.25, -0.2) is 9.59 Å². The summed E-state index contributed by atoms with van der Waals surface area (Å²) in [4.78, 5) is 28.2. The Morgan fingerprint density at radius 3 is 1.53 bits per heavy atom. The molecule has 2 saturated heterocycles. The highest BCUT2D eigenvalue weighted by Crippen LogP contribution is 2.46. The number of benzene rings is 4. The number of nitrogens with zero attached hydrogens (tertiary/aromatic N) is 1. The number of alkyl carbamates (subject to hydrolysis) is 1. The van der Waals surface area contributed by atoms with Crippen LogP contribution in [-0.4, -0.2) is 62.1 Å². The van der Waals surface area contributed by atoms with Gasteiger partial charge in [0.05, 0.1) is 25.3 Å². The van der Waals surface area contributed by atoms with Gasteiger partial charge in [0.2, 0.25) is 0 Å². The molecule has 2 amide bonds. The molecule has 1 N–H and O–H groups in total. The predicted molar refractivity (Wildman–Crippen MR) is 171 cm³/mol. The minimum atomic E-state index is -0.405. The maximum absolute atomic E-state index is 13.5. The van der Waals surface area contributed by atoms with Crippen LogP contribution in [0.3, 0.4) is 0 Å². The van der Waals surface area contributed by atoms with Gasteiger partial charge in [-0.05, 0) is 63.3 Å². The van der Waals surface area contributed by atoms with Crippen molar-refractivity contribution in [1.29, 1.82) is 0 Å². The van der Waals surface area contributed by atoms with Crippen molar-refractivity contribution < 1.29 is 23.8 Å². The molecule has 2 aliphatic carbocycles. The van der Waals surface area contributed by atoms with Crippen molar-refractivity contribution in [2.45, 2.75) is 36.8 Å². The summed E-state index contributed by atoms with van der Waals surface area (Å²) in [6.07, 6.45) is 0.796. The molecule has 2 bridgehead atoms. The number of carbonyl (C=O) groups excluding carboxylic acids is 2. The molecule has 4 aromatic carbocycles. The predicted octanol–water partition coefficient (Wildman–Crippen LogP) is 6.95. The summed E-state index contributed by atoms with van der Waals surface area (Å²) in [7, 11) is 0. The summed E-state index contributed by atoms with van der Waals surface area (Å²) in [5, 5.41) is 3.00. The van der Waals surface area contributed by atoms with E-state index in [1.807, 2.05) is 41.3 Å². The molecular weight excluding hydrogens is 564 g/mol. The van der Waals surface area contributed by atoms with Crippen molar-refractivity contribution >= 4 is 12.2 Å². The monoisotopic (exact) mass is 600 g/mol. The molecule has 2 atom stereocenters. The number of rotatable bonds is 6. The van der Waals surface area contributed by atoms with Crippen molar-refractivity contribution in [2.75, 3.05) is 33.0 Å². The average Bonchev–Trinajstić information content (AvgIpc) is 3.57. The Bertz CT molecular complexity index is 1650. The molecule has 0 spiro atoms. The summed E-state index contributed by atoms with van der Waals surface area (Å²) in [5.74, 6) is 0.276. The first-order valence-electron chi connectivity index (χ1n) is 16.0. The Kier molecular flexibility index (Phi) is 7.26. The number of amides is 2. The molecule has 45 heavy (non-hydrogen) atoms. The van der Waals surface area contributed by atoms with Crippen LogP contribution >= 0.6 is 0 Å². The normalized spacial score (nSPS) is 21.3. The number of hydrogen-bond donors (Lipinski definition) is 1. The Morgan fingerprint density at radius 2 is 1.07 bits per heavy atom. The molecule has 2 heterocycles. The van der Waals surface area contributed by atoms with Gasteiger partial charge in [-0.15, -0.1) is 0 Å². The first-order valence-corrected chi connectivity index (χ1v) is 16.0. The number of carbonyl (C=O) groups is 2.